The second-order valence-corrected chi connectivity index (χ2v) is 5.07. The van der Waals surface area contributed by atoms with Gasteiger partial charge in [-0.2, -0.15) is 0 Å². The molecule has 1 aliphatic rings. The monoisotopic (exact) mass is 274 g/mol. The predicted octanol–water partition coefficient (Wildman–Crippen LogP) is 2.19. The third-order valence-electron chi connectivity index (χ3n) is 2.79. The maximum atomic E-state index is 12.9. The Morgan fingerprint density at radius 1 is 1.11 bits per heavy atom. The van der Waals surface area contributed by atoms with Crippen molar-refractivity contribution in [2.45, 2.75) is 0 Å². The van der Waals surface area contributed by atoms with Gasteiger partial charge < -0.3 is 0 Å². The van der Waals surface area contributed by atoms with Gasteiger partial charge in [0.15, 0.2) is 0 Å². The van der Waals surface area contributed by atoms with Gasteiger partial charge in [-0.25, -0.2) is 4.39 Å². The number of halogens is 1. The highest BCUT2D eigenvalue weighted by molar-refractivity contribution is 7.18. The van der Waals surface area contributed by atoms with E-state index in [2.05, 4.69) is 5.32 Å². The van der Waals surface area contributed by atoms with E-state index in [1.165, 1.54) is 23.5 Å². The normalized spacial score (nSPS) is 14.3. The van der Waals surface area contributed by atoms with Crippen LogP contribution in [0.2, 0.25) is 0 Å². The lowest BCUT2D eigenvalue weighted by atomic mass is 10.1. The summed E-state index contributed by atoms with van der Waals surface area (Å²) in [6.45, 7) is 0. The van der Waals surface area contributed by atoms with Crippen molar-refractivity contribution >= 4 is 28.9 Å². The van der Waals surface area contributed by atoms with Gasteiger partial charge in [-0.05, 0) is 23.8 Å². The molecule has 1 aromatic heterocycles. The van der Waals surface area contributed by atoms with Crippen molar-refractivity contribution in [3.63, 3.8) is 0 Å². The van der Waals surface area contributed by atoms with Crippen LogP contribution in [0.1, 0.15) is 15.2 Å². The molecule has 0 bridgehead atoms. The molecule has 0 spiro atoms. The summed E-state index contributed by atoms with van der Waals surface area (Å²) >= 11 is 1.18. The average molecular weight is 274 g/mol. The largest absolute Gasteiger partial charge is 0.294 e. The second kappa shape index (κ2) is 4.10. The van der Waals surface area contributed by atoms with Gasteiger partial charge in [0.05, 0.1) is 10.4 Å². The standard InChI is InChI=1S/C13H7FN2O2S/c14-7-3-1-6(2-4-7)9-5-8-11(19-9)10(15)13(18)16-12(8)17/h1-5,15H,(H,16,17,18). The molecule has 3 rings (SSSR count). The Labute approximate surface area is 111 Å². The smallest absolute Gasteiger partial charge is 0.277 e. The molecular formula is C13H7FN2O2S. The van der Waals surface area contributed by atoms with E-state index in [1.54, 1.807) is 18.2 Å². The van der Waals surface area contributed by atoms with Crippen LogP contribution < -0.4 is 5.32 Å². The van der Waals surface area contributed by atoms with E-state index in [4.69, 9.17) is 5.41 Å². The topological polar surface area (TPSA) is 70.0 Å². The first-order chi connectivity index (χ1) is 9.06. The second-order valence-electron chi connectivity index (χ2n) is 4.02. The van der Waals surface area contributed by atoms with Crippen LogP contribution in [0.5, 0.6) is 0 Å². The van der Waals surface area contributed by atoms with Crippen molar-refractivity contribution in [2.75, 3.05) is 0 Å². The first-order valence-electron chi connectivity index (χ1n) is 5.40. The molecule has 94 valence electrons. The summed E-state index contributed by atoms with van der Waals surface area (Å²) in [7, 11) is 0. The molecule has 0 saturated heterocycles. The number of hydrogen-bond donors (Lipinski definition) is 2. The van der Waals surface area contributed by atoms with Crippen LogP contribution in [0.4, 0.5) is 4.39 Å². The first-order valence-corrected chi connectivity index (χ1v) is 6.22. The minimum absolute atomic E-state index is 0.215. The number of nitrogens with one attached hydrogen (secondary N) is 2. The number of rotatable bonds is 1. The van der Waals surface area contributed by atoms with Gasteiger partial charge in [0, 0.05) is 4.88 Å². The van der Waals surface area contributed by atoms with Crippen LogP contribution in [-0.2, 0) is 4.79 Å². The molecule has 4 nitrogen and oxygen atoms in total. The van der Waals surface area contributed by atoms with Crippen LogP contribution in [0.25, 0.3) is 10.4 Å². The molecule has 0 saturated carbocycles. The fourth-order valence-electron chi connectivity index (χ4n) is 1.84. The lowest BCUT2D eigenvalue weighted by Crippen LogP contribution is -2.41. The molecule has 0 aliphatic carbocycles. The Kier molecular flexibility index (Phi) is 2.53. The van der Waals surface area contributed by atoms with Crippen molar-refractivity contribution < 1.29 is 14.0 Å². The van der Waals surface area contributed by atoms with Gasteiger partial charge in [-0.3, -0.25) is 20.3 Å². The summed E-state index contributed by atoms with van der Waals surface area (Å²) in [5.41, 5.74) is 0.843. The quantitative estimate of drug-likeness (QED) is 0.782. The molecule has 1 aliphatic heterocycles. The number of thiophene rings is 1. The van der Waals surface area contributed by atoms with E-state index in [0.29, 0.717) is 10.4 Å². The zero-order chi connectivity index (χ0) is 13.6. The fourth-order valence-corrected chi connectivity index (χ4v) is 2.94. The van der Waals surface area contributed by atoms with E-state index in [-0.39, 0.29) is 11.5 Å². The van der Waals surface area contributed by atoms with E-state index in [0.717, 1.165) is 10.4 Å². The Morgan fingerprint density at radius 2 is 1.79 bits per heavy atom. The summed E-state index contributed by atoms with van der Waals surface area (Å²) in [5, 5.41) is 9.77. The molecule has 6 heteroatoms. The molecule has 0 atom stereocenters. The fraction of sp³-hybridized carbons (Fsp3) is 0. The summed E-state index contributed by atoms with van der Waals surface area (Å²) in [5.74, 6) is -1.53. The van der Waals surface area contributed by atoms with Crippen molar-refractivity contribution in [1.82, 2.24) is 5.32 Å². The number of carbonyl (C=O) groups is 2. The Bertz CT molecular complexity index is 719. The zero-order valence-electron chi connectivity index (χ0n) is 9.49. The molecule has 2 amide bonds. The van der Waals surface area contributed by atoms with Crippen LogP contribution >= 0.6 is 11.3 Å². The van der Waals surface area contributed by atoms with Gasteiger partial charge in [0.2, 0.25) is 0 Å². The molecule has 19 heavy (non-hydrogen) atoms. The van der Waals surface area contributed by atoms with Gasteiger partial charge in [-0.15, -0.1) is 11.3 Å². The van der Waals surface area contributed by atoms with Crippen LogP contribution in [0.15, 0.2) is 30.3 Å². The van der Waals surface area contributed by atoms with Crippen LogP contribution in [0, 0.1) is 11.2 Å². The molecular weight excluding hydrogens is 267 g/mol. The molecule has 0 radical (unpaired) electrons. The van der Waals surface area contributed by atoms with Gasteiger partial charge in [0.25, 0.3) is 11.8 Å². The average Bonchev–Trinajstić information content (AvgIpc) is 2.83. The molecule has 1 aromatic carbocycles. The first kappa shape index (κ1) is 11.7. The Morgan fingerprint density at radius 3 is 2.47 bits per heavy atom. The lowest BCUT2D eigenvalue weighted by Gasteiger charge is -2.10. The highest BCUT2D eigenvalue weighted by Crippen LogP contribution is 2.33. The number of imide groups is 1. The summed E-state index contributed by atoms with van der Waals surface area (Å²) in [4.78, 5) is 24.1. The van der Waals surface area contributed by atoms with E-state index in [1.807, 2.05) is 0 Å². The van der Waals surface area contributed by atoms with Crippen LogP contribution in [0.3, 0.4) is 0 Å². The summed E-state index contributed by atoms with van der Waals surface area (Å²) in [6, 6.07) is 7.45. The van der Waals surface area contributed by atoms with E-state index < -0.39 is 11.8 Å². The molecule has 0 fully saturated rings. The summed E-state index contributed by atoms with van der Waals surface area (Å²) < 4.78 is 12.9. The zero-order valence-corrected chi connectivity index (χ0v) is 10.3. The third kappa shape index (κ3) is 1.86. The predicted molar refractivity (Wildman–Crippen MR) is 69.0 cm³/mol. The third-order valence-corrected chi connectivity index (χ3v) is 3.99. The van der Waals surface area contributed by atoms with Crippen molar-refractivity contribution in [3.8, 4) is 10.4 Å². The Balaban J connectivity index is 2.12. The van der Waals surface area contributed by atoms with Gasteiger partial charge in [0.1, 0.15) is 11.5 Å². The number of fused-ring (bicyclic) bond motifs is 1. The number of hydrogen-bond acceptors (Lipinski definition) is 4. The van der Waals surface area contributed by atoms with Crippen molar-refractivity contribution in [2.24, 2.45) is 0 Å². The minimum atomic E-state index is -0.690. The highest BCUT2D eigenvalue weighted by Gasteiger charge is 2.30. The summed E-state index contributed by atoms with van der Waals surface area (Å²) in [6.07, 6.45) is 0. The maximum absolute atomic E-state index is 12.9. The lowest BCUT2D eigenvalue weighted by molar-refractivity contribution is -0.114. The van der Waals surface area contributed by atoms with E-state index in [9.17, 15) is 14.0 Å². The van der Waals surface area contributed by atoms with E-state index >= 15 is 0 Å². The maximum Gasteiger partial charge on any atom is 0.277 e. The molecule has 0 unspecified atom stereocenters. The van der Waals surface area contributed by atoms with Crippen molar-refractivity contribution in [3.05, 3.63) is 46.6 Å². The molecule has 2 heterocycles. The molecule has 2 N–H and O–H groups in total. The van der Waals surface area contributed by atoms with Crippen LogP contribution in [-0.4, -0.2) is 17.5 Å². The Hall–Kier alpha value is -2.34. The van der Waals surface area contributed by atoms with Crippen molar-refractivity contribution in [1.29, 1.82) is 5.41 Å². The molecule has 2 aromatic rings. The number of benzene rings is 1. The SMILES string of the molecule is N=C1C(=O)NC(=O)c2cc(-c3ccc(F)cc3)sc21. The van der Waals surface area contributed by atoms with Gasteiger partial charge in [-0.1, -0.05) is 12.1 Å². The van der Waals surface area contributed by atoms with Gasteiger partial charge >= 0.3 is 0 Å². The highest BCUT2D eigenvalue weighted by atomic mass is 32.1. The minimum Gasteiger partial charge on any atom is -0.294 e. The number of carbonyl (C=O) groups excluding carboxylic acids is 2. The number of amides is 2.